The van der Waals surface area contributed by atoms with Crippen molar-refractivity contribution >= 4 is 16.7 Å². The largest absolute Gasteiger partial charge is 0.360 e. The fraction of sp³-hybridized carbons (Fsp3) is 0.167. The zero-order chi connectivity index (χ0) is 14.8. The van der Waals surface area contributed by atoms with E-state index in [-0.39, 0.29) is 18.0 Å². The van der Waals surface area contributed by atoms with Gasteiger partial charge in [-0.2, -0.15) is 0 Å². The number of hydrogen-bond acceptors (Lipinski definition) is 1. The van der Waals surface area contributed by atoms with E-state index < -0.39 is 0 Å². The lowest BCUT2D eigenvalue weighted by molar-refractivity contribution is 0.0993. The Labute approximate surface area is 122 Å². The second-order valence-corrected chi connectivity index (χ2v) is 5.09. The average Bonchev–Trinajstić information content (AvgIpc) is 2.93. The molecule has 0 saturated heterocycles. The van der Waals surface area contributed by atoms with Crippen molar-refractivity contribution in [3.8, 4) is 0 Å². The summed E-state index contributed by atoms with van der Waals surface area (Å²) in [5.41, 5.74) is 3.24. The third kappa shape index (κ3) is 2.47. The average molecular weight is 281 g/mol. The molecule has 0 aliphatic carbocycles. The number of H-pyrrole nitrogens is 1. The van der Waals surface area contributed by atoms with Crippen LogP contribution in [0.15, 0.2) is 48.7 Å². The first kappa shape index (κ1) is 13.6. The van der Waals surface area contributed by atoms with Crippen molar-refractivity contribution in [2.24, 2.45) is 0 Å². The first-order valence-electron chi connectivity index (χ1n) is 7.06. The predicted molar refractivity (Wildman–Crippen MR) is 82.1 cm³/mol. The van der Waals surface area contributed by atoms with Gasteiger partial charge in [-0.1, -0.05) is 43.3 Å². The molecule has 0 aliphatic rings. The molecule has 0 radical (unpaired) electrons. The van der Waals surface area contributed by atoms with Gasteiger partial charge in [-0.05, 0) is 23.6 Å². The van der Waals surface area contributed by atoms with Crippen molar-refractivity contribution in [3.63, 3.8) is 0 Å². The minimum atomic E-state index is -0.333. The summed E-state index contributed by atoms with van der Waals surface area (Å²) in [5, 5.41) is 0.913. The second kappa shape index (κ2) is 5.52. The van der Waals surface area contributed by atoms with Crippen LogP contribution in [0.1, 0.15) is 28.4 Å². The molecule has 3 heteroatoms. The number of halogens is 1. The lowest BCUT2D eigenvalue weighted by Crippen LogP contribution is -2.04. The number of rotatable bonds is 4. The maximum absolute atomic E-state index is 13.7. The first-order valence-corrected chi connectivity index (χ1v) is 7.06. The molecule has 21 heavy (non-hydrogen) atoms. The topological polar surface area (TPSA) is 32.9 Å². The van der Waals surface area contributed by atoms with Crippen molar-refractivity contribution in [3.05, 3.63) is 71.2 Å². The smallest absolute Gasteiger partial charge is 0.169 e. The number of aromatic nitrogens is 1. The Morgan fingerprint density at radius 2 is 1.86 bits per heavy atom. The summed E-state index contributed by atoms with van der Waals surface area (Å²) in [6.45, 7) is 2.08. The highest BCUT2D eigenvalue weighted by atomic mass is 19.1. The third-order valence-electron chi connectivity index (χ3n) is 3.79. The van der Waals surface area contributed by atoms with E-state index in [0.717, 1.165) is 17.3 Å². The van der Waals surface area contributed by atoms with Gasteiger partial charge in [0.25, 0.3) is 0 Å². The number of nitrogens with one attached hydrogen (secondary N) is 1. The summed E-state index contributed by atoms with van der Waals surface area (Å²) >= 11 is 0. The highest BCUT2D eigenvalue weighted by Crippen LogP contribution is 2.23. The molecular formula is C18H16FNO. The van der Waals surface area contributed by atoms with Crippen molar-refractivity contribution in [2.75, 3.05) is 0 Å². The van der Waals surface area contributed by atoms with Crippen LogP contribution < -0.4 is 0 Å². The molecule has 3 aromatic rings. The Morgan fingerprint density at radius 1 is 1.10 bits per heavy atom. The van der Waals surface area contributed by atoms with Crippen molar-refractivity contribution in [1.82, 2.24) is 4.98 Å². The van der Waals surface area contributed by atoms with E-state index in [2.05, 4.69) is 11.9 Å². The number of carbonyl (C=O) groups is 1. The Morgan fingerprint density at radius 3 is 2.62 bits per heavy atom. The van der Waals surface area contributed by atoms with Gasteiger partial charge in [-0.25, -0.2) is 4.39 Å². The normalized spacial score (nSPS) is 11.0. The number of Topliss-reactive ketones (excluding diaryl/α,β-unsaturated/α-hetero) is 1. The number of aryl methyl sites for hydroxylation is 1. The standard InChI is InChI=1S/C18H16FNO/c1-2-12-7-5-8-14-15(11-20-18(12)14)17(21)10-13-6-3-4-9-16(13)19/h3-9,11,20H,2,10H2,1H3. The van der Waals surface area contributed by atoms with Crippen LogP contribution in [-0.2, 0) is 12.8 Å². The Bertz CT molecular complexity index is 804. The summed E-state index contributed by atoms with van der Waals surface area (Å²) in [6, 6.07) is 12.3. The molecule has 0 aliphatic heterocycles. The van der Waals surface area contributed by atoms with Crippen LogP contribution in [-0.4, -0.2) is 10.8 Å². The van der Waals surface area contributed by atoms with Crippen LogP contribution in [0.25, 0.3) is 10.9 Å². The van der Waals surface area contributed by atoms with E-state index in [0.29, 0.717) is 11.1 Å². The molecule has 0 bridgehead atoms. The van der Waals surface area contributed by atoms with Gasteiger partial charge in [0.1, 0.15) is 5.82 Å². The lowest BCUT2D eigenvalue weighted by atomic mass is 10.0. The van der Waals surface area contributed by atoms with E-state index >= 15 is 0 Å². The monoisotopic (exact) mass is 281 g/mol. The van der Waals surface area contributed by atoms with Gasteiger partial charge in [-0.3, -0.25) is 4.79 Å². The molecule has 2 aromatic carbocycles. The number of benzene rings is 2. The van der Waals surface area contributed by atoms with Gasteiger partial charge in [0.15, 0.2) is 5.78 Å². The summed E-state index contributed by atoms with van der Waals surface area (Å²) < 4.78 is 13.7. The molecule has 2 nitrogen and oxygen atoms in total. The third-order valence-corrected chi connectivity index (χ3v) is 3.79. The maximum atomic E-state index is 13.7. The number of para-hydroxylation sites is 1. The number of fused-ring (bicyclic) bond motifs is 1. The molecule has 3 rings (SSSR count). The van der Waals surface area contributed by atoms with E-state index in [9.17, 15) is 9.18 Å². The fourth-order valence-electron chi connectivity index (χ4n) is 2.65. The highest BCUT2D eigenvalue weighted by molar-refractivity contribution is 6.09. The van der Waals surface area contributed by atoms with Gasteiger partial charge in [0, 0.05) is 29.1 Å². The molecule has 1 aromatic heterocycles. The molecule has 1 heterocycles. The van der Waals surface area contributed by atoms with E-state index in [1.807, 2.05) is 18.2 Å². The van der Waals surface area contributed by atoms with Crippen LogP contribution in [0, 0.1) is 5.82 Å². The second-order valence-electron chi connectivity index (χ2n) is 5.09. The van der Waals surface area contributed by atoms with Crippen LogP contribution in [0.2, 0.25) is 0 Å². The minimum Gasteiger partial charge on any atom is -0.360 e. The van der Waals surface area contributed by atoms with Gasteiger partial charge in [0.2, 0.25) is 0 Å². The van der Waals surface area contributed by atoms with E-state index in [1.54, 1.807) is 24.4 Å². The van der Waals surface area contributed by atoms with Gasteiger partial charge >= 0.3 is 0 Å². The zero-order valence-corrected chi connectivity index (χ0v) is 11.8. The molecule has 0 saturated carbocycles. The molecular weight excluding hydrogens is 265 g/mol. The van der Waals surface area contributed by atoms with Crippen molar-refractivity contribution in [2.45, 2.75) is 19.8 Å². The Balaban J connectivity index is 1.97. The quantitative estimate of drug-likeness (QED) is 0.711. The lowest BCUT2D eigenvalue weighted by Gasteiger charge is -2.03. The molecule has 0 unspecified atom stereocenters. The molecule has 0 amide bonds. The molecule has 106 valence electrons. The predicted octanol–water partition coefficient (Wildman–Crippen LogP) is 4.29. The molecule has 0 spiro atoms. The Hall–Kier alpha value is -2.42. The number of hydrogen-bond donors (Lipinski definition) is 1. The van der Waals surface area contributed by atoms with Crippen molar-refractivity contribution in [1.29, 1.82) is 0 Å². The number of aromatic amines is 1. The fourth-order valence-corrected chi connectivity index (χ4v) is 2.65. The summed E-state index contributed by atoms with van der Waals surface area (Å²) in [6.07, 6.45) is 2.71. The Kier molecular flexibility index (Phi) is 3.57. The maximum Gasteiger partial charge on any atom is 0.169 e. The highest BCUT2D eigenvalue weighted by Gasteiger charge is 2.15. The van der Waals surface area contributed by atoms with Crippen molar-refractivity contribution < 1.29 is 9.18 Å². The zero-order valence-electron chi connectivity index (χ0n) is 11.8. The summed E-state index contributed by atoms with van der Waals surface area (Å²) in [5.74, 6) is -0.403. The van der Waals surface area contributed by atoms with Crippen LogP contribution in [0.3, 0.4) is 0 Å². The van der Waals surface area contributed by atoms with Gasteiger partial charge < -0.3 is 4.98 Å². The number of carbonyl (C=O) groups excluding carboxylic acids is 1. The summed E-state index contributed by atoms with van der Waals surface area (Å²) in [4.78, 5) is 15.6. The summed E-state index contributed by atoms with van der Waals surface area (Å²) in [7, 11) is 0. The SMILES string of the molecule is CCc1cccc2c(C(=O)Cc3ccccc3F)c[nH]c12. The van der Waals surface area contributed by atoms with Gasteiger partial charge in [-0.15, -0.1) is 0 Å². The van der Waals surface area contributed by atoms with E-state index in [1.165, 1.54) is 11.6 Å². The number of ketones is 1. The van der Waals surface area contributed by atoms with Crippen LogP contribution in [0.5, 0.6) is 0 Å². The molecule has 0 fully saturated rings. The minimum absolute atomic E-state index is 0.0698. The molecule has 1 N–H and O–H groups in total. The van der Waals surface area contributed by atoms with Crippen LogP contribution >= 0.6 is 0 Å². The van der Waals surface area contributed by atoms with E-state index in [4.69, 9.17) is 0 Å². The first-order chi connectivity index (χ1) is 10.2. The van der Waals surface area contributed by atoms with Gasteiger partial charge in [0.05, 0.1) is 0 Å². The molecule has 0 atom stereocenters. The van der Waals surface area contributed by atoms with Crippen LogP contribution in [0.4, 0.5) is 4.39 Å².